The van der Waals surface area contributed by atoms with E-state index in [1.165, 1.54) is 32.1 Å². The van der Waals surface area contributed by atoms with E-state index in [0.717, 1.165) is 23.7 Å². The monoisotopic (exact) mass is 271 g/mol. The van der Waals surface area contributed by atoms with E-state index in [0.29, 0.717) is 6.04 Å². The minimum Gasteiger partial charge on any atom is -0.309 e. The first-order valence-corrected chi connectivity index (χ1v) is 7.49. The van der Waals surface area contributed by atoms with E-state index in [1.54, 1.807) is 6.20 Å². The molecule has 0 aromatic carbocycles. The van der Waals surface area contributed by atoms with Crippen LogP contribution in [-0.4, -0.2) is 16.3 Å². The topological polar surface area (TPSA) is 29.9 Å². The van der Waals surface area contributed by atoms with Crippen molar-refractivity contribution in [2.24, 2.45) is 7.05 Å². The fraction of sp³-hybridized carbons (Fsp3) is 0.786. The van der Waals surface area contributed by atoms with E-state index in [9.17, 15) is 0 Å². The van der Waals surface area contributed by atoms with Gasteiger partial charge in [0, 0.05) is 7.05 Å². The molecule has 1 rings (SSSR count). The van der Waals surface area contributed by atoms with E-state index < -0.39 is 0 Å². The maximum atomic E-state index is 6.21. The van der Waals surface area contributed by atoms with Crippen LogP contribution >= 0.6 is 11.6 Å². The molecule has 0 fully saturated rings. The molecule has 1 N–H and O–H groups in total. The van der Waals surface area contributed by atoms with Crippen LogP contribution in [-0.2, 0) is 7.05 Å². The van der Waals surface area contributed by atoms with Gasteiger partial charge < -0.3 is 5.32 Å². The summed E-state index contributed by atoms with van der Waals surface area (Å²) >= 11 is 6.21. The van der Waals surface area contributed by atoms with Gasteiger partial charge in [-0.1, -0.05) is 57.6 Å². The Morgan fingerprint density at radius 1 is 1.28 bits per heavy atom. The normalized spacial score (nSPS) is 12.9. The Kier molecular flexibility index (Phi) is 7.36. The van der Waals surface area contributed by atoms with Crippen molar-refractivity contribution in [3.8, 4) is 0 Å². The number of hydrogen-bond donors (Lipinski definition) is 1. The van der Waals surface area contributed by atoms with Crippen molar-refractivity contribution in [3.63, 3.8) is 0 Å². The van der Waals surface area contributed by atoms with E-state index >= 15 is 0 Å². The molecule has 0 bridgehead atoms. The highest BCUT2D eigenvalue weighted by atomic mass is 35.5. The van der Waals surface area contributed by atoms with Gasteiger partial charge in [-0.15, -0.1) is 0 Å². The summed E-state index contributed by atoms with van der Waals surface area (Å²) in [5, 5.41) is 8.51. The van der Waals surface area contributed by atoms with Gasteiger partial charge in [0.05, 0.1) is 23.0 Å². The smallest absolute Gasteiger partial charge is 0.0833 e. The lowest BCUT2D eigenvalue weighted by Gasteiger charge is -2.18. The summed E-state index contributed by atoms with van der Waals surface area (Å²) in [6.07, 6.45) is 9.41. The number of nitrogens with zero attached hydrogens (tertiary/aromatic N) is 2. The van der Waals surface area contributed by atoms with Gasteiger partial charge in [-0.25, -0.2) is 0 Å². The molecule has 0 saturated carbocycles. The molecule has 0 radical (unpaired) electrons. The van der Waals surface area contributed by atoms with Crippen LogP contribution in [0, 0.1) is 0 Å². The Labute approximate surface area is 116 Å². The Balaban J connectivity index is 2.50. The van der Waals surface area contributed by atoms with E-state index in [4.69, 9.17) is 11.6 Å². The summed E-state index contributed by atoms with van der Waals surface area (Å²) in [6.45, 7) is 5.34. The molecule has 0 aliphatic carbocycles. The first-order valence-electron chi connectivity index (χ1n) is 7.11. The van der Waals surface area contributed by atoms with Crippen molar-refractivity contribution in [1.29, 1.82) is 0 Å². The maximum absolute atomic E-state index is 6.21. The number of nitrogens with one attached hydrogen (secondary N) is 1. The highest BCUT2D eigenvalue weighted by Gasteiger charge is 2.17. The zero-order chi connectivity index (χ0) is 13.4. The summed E-state index contributed by atoms with van der Waals surface area (Å²) in [6, 6.07) is 0.330. The Morgan fingerprint density at radius 2 is 2.00 bits per heavy atom. The molecule has 1 aromatic rings. The average Bonchev–Trinajstić information content (AvgIpc) is 2.68. The van der Waals surface area contributed by atoms with Crippen molar-refractivity contribution < 1.29 is 0 Å². The number of hydrogen-bond acceptors (Lipinski definition) is 2. The van der Waals surface area contributed by atoms with Gasteiger partial charge in [-0.2, -0.15) is 5.10 Å². The van der Waals surface area contributed by atoms with Crippen molar-refractivity contribution in [1.82, 2.24) is 15.1 Å². The van der Waals surface area contributed by atoms with Gasteiger partial charge >= 0.3 is 0 Å². The molecule has 1 unspecified atom stereocenters. The molecule has 0 spiro atoms. The summed E-state index contributed by atoms with van der Waals surface area (Å²) in [4.78, 5) is 0. The van der Waals surface area contributed by atoms with Gasteiger partial charge in [0.1, 0.15) is 0 Å². The first kappa shape index (κ1) is 15.5. The standard InChI is InChI=1S/C14H26ClN3/c1-4-6-7-8-9-10-13(16-5-2)14-12(15)11-17-18(14)3/h11,13,16H,4-10H2,1-3H3. The maximum Gasteiger partial charge on any atom is 0.0833 e. The molecule has 0 aliphatic rings. The zero-order valence-electron chi connectivity index (χ0n) is 11.9. The number of aryl methyl sites for hydroxylation is 1. The molecule has 1 atom stereocenters. The molecular weight excluding hydrogens is 246 g/mol. The second kappa shape index (κ2) is 8.54. The molecular formula is C14H26ClN3. The highest BCUT2D eigenvalue weighted by molar-refractivity contribution is 6.31. The number of halogens is 1. The number of aromatic nitrogens is 2. The quantitative estimate of drug-likeness (QED) is 0.686. The third-order valence-electron chi connectivity index (χ3n) is 3.31. The second-order valence-corrected chi connectivity index (χ2v) is 5.22. The third kappa shape index (κ3) is 4.62. The van der Waals surface area contributed by atoms with Gasteiger partial charge in [0.2, 0.25) is 0 Å². The summed E-state index contributed by atoms with van der Waals surface area (Å²) < 4.78 is 1.89. The SMILES string of the molecule is CCCCCCCC(NCC)c1c(Cl)cnn1C. The molecule has 0 saturated heterocycles. The van der Waals surface area contributed by atoms with Crippen LogP contribution < -0.4 is 5.32 Å². The average molecular weight is 272 g/mol. The minimum absolute atomic E-state index is 0.330. The lowest BCUT2D eigenvalue weighted by atomic mass is 10.0. The lowest BCUT2D eigenvalue weighted by molar-refractivity contribution is 0.453. The highest BCUT2D eigenvalue weighted by Crippen LogP contribution is 2.26. The molecule has 3 nitrogen and oxygen atoms in total. The summed E-state index contributed by atoms with van der Waals surface area (Å²) in [5.74, 6) is 0. The van der Waals surface area contributed by atoms with Gasteiger partial charge in [-0.3, -0.25) is 4.68 Å². The van der Waals surface area contributed by atoms with Crippen LogP contribution in [0.1, 0.15) is 64.1 Å². The summed E-state index contributed by atoms with van der Waals surface area (Å²) in [7, 11) is 1.96. The summed E-state index contributed by atoms with van der Waals surface area (Å²) in [5.41, 5.74) is 1.12. The van der Waals surface area contributed by atoms with E-state index in [1.807, 2.05) is 11.7 Å². The van der Waals surface area contributed by atoms with Crippen molar-refractivity contribution in [2.75, 3.05) is 6.54 Å². The Hall–Kier alpha value is -0.540. The third-order valence-corrected chi connectivity index (χ3v) is 3.61. The molecule has 0 amide bonds. The fourth-order valence-corrected chi connectivity index (χ4v) is 2.64. The van der Waals surface area contributed by atoms with Gasteiger partial charge in [0.15, 0.2) is 0 Å². The van der Waals surface area contributed by atoms with Crippen molar-refractivity contribution in [3.05, 3.63) is 16.9 Å². The Morgan fingerprint density at radius 3 is 2.56 bits per heavy atom. The van der Waals surface area contributed by atoms with Gasteiger partial charge in [-0.05, 0) is 13.0 Å². The predicted molar refractivity (Wildman–Crippen MR) is 78.0 cm³/mol. The van der Waals surface area contributed by atoms with Crippen LogP contribution in [0.5, 0.6) is 0 Å². The minimum atomic E-state index is 0.330. The molecule has 0 aliphatic heterocycles. The fourth-order valence-electron chi connectivity index (χ4n) is 2.35. The molecule has 1 aromatic heterocycles. The molecule has 1 heterocycles. The zero-order valence-corrected chi connectivity index (χ0v) is 12.6. The molecule has 18 heavy (non-hydrogen) atoms. The molecule has 104 valence electrons. The van der Waals surface area contributed by atoms with Crippen LogP contribution in [0.2, 0.25) is 5.02 Å². The van der Waals surface area contributed by atoms with Crippen LogP contribution in [0.3, 0.4) is 0 Å². The first-order chi connectivity index (χ1) is 8.70. The van der Waals surface area contributed by atoms with Crippen LogP contribution in [0.15, 0.2) is 6.20 Å². The molecule has 4 heteroatoms. The van der Waals surface area contributed by atoms with E-state index in [-0.39, 0.29) is 0 Å². The van der Waals surface area contributed by atoms with Crippen LogP contribution in [0.4, 0.5) is 0 Å². The Bertz CT molecular complexity index is 316. The largest absolute Gasteiger partial charge is 0.309 e. The van der Waals surface area contributed by atoms with Crippen LogP contribution in [0.25, 0.3) is 0 Å². The van der Waals surface area contributed by atoms with Gasteiger partial charge in [0.25, 0.3) is 0 Å². The van der Waals surface area contributed by atoms with Crippen molar-refractivity contribution >= 4 is 11.6 Å². The number of rotatable bonds is 9. The lowest BCUT2D eigenvalue weighted by Crippen LogP contribution is -2.23. The second-order valence-electron chi connectivity index (χ2n) is 4.81. The van der Waals surface area contributed by atoms with E-state index in [2.05, 4.69) is 24.3 Å². The number of unbranched alkanes of at least 4 members (excludes halogenated alkanes) is 4. The predicted octanol–water partition coefficient (Wildman–Crippen LogP) is 4.08. The van der Waals surface area contributed by atoms with Crippen molar-refractivity contribution in [2.45, 2.75) is 58.4 Å².